The molecule has 6 rings (SSSR count). The molecule has 0 spiro atoms. The third kappa shape index (κ3) is 4.45. The number of nitrogens with one attached hydrogen (secondary N) is 1. The highest BCUT2D eigenvalue weighted by molar-refractivity contribution is 8.00. The topological polar surface area (TPSA) is 97.7 Å². The maximum absolute atomic E-state index is 13.8. The van der Waals surface area contributed by atoms with Crippen LogP contribution in [0, 0.1) is 5.92 Å². The van der Waals surface area contributed by atoms with Crippen molar-refractivity contribution in [2.45, 2.75) is 22.7 Å². The summed E-state index contributed by atoms with van der Waals surface area (Å²) in [5, 5.41) is 2.65. The predicted molar refractivity (Wildman–Crippen MR) is 151 cm³/mol. The number of carbonyl (C=O) groups excluding carboxylic acids is 3. The first-order chi connectivity index (χ1) is 19.0. The lowest BCUT2D eigenvalue weighted by molar-refractivity contribution is -0.122. The summed E-state index contributed by atoms with van der Waals surface area (Å²) in [4.78, 5) is 55.3. The van der Waals surface area contributed by atoms with Crippen LogP contribution in [0.25, 0.3) is 0 Å². The van der Waals surface area contributed by atoms with Gasteiger partial charge in [0.25, 0.3) is 0 Å². The lowest BCUT2D eigenvalue weighted by Gasteiger charge is -2.30. The van der Waals surface area contributed by atoms with E-state index < -0.39 is 17.1 Å². The zero-order valence-corrected chi connectivity index (χ0v) is 22.4. The van der Waals surface area contributed by atoms with Crippen molar-refractivity contribution in [3.8, 4) is 5.75 Å². The van der Waals surface area contributed by atoms with Crippen LogP contribution < -0.4 is 19.8 Å². The number of benzene rings is 3. The molecule has 3 heterocycles. The Balaban J connectivity index is 1.37. The van der Waals surface area contributed by atoms with E-state index in [9.17, 15) is 19.2 Å². The summed E-state index contributed by atoms with van der Waals surface area (Å²) in [7, 11) is 1.56. The molecule has 8 nitrogen and oxygen atoms in total. The lowest BCUT2D eigenvalue weighted by atomic mass is 9.83. The standard InChI is InChI=1S/C29H23N3O5S2/c1-37-20-14-12-18(13-15-20)30-21(33)16-31-28-25(39-29(31)36)22(17-8-4-2-5-9-17)23-24(38-28)27(35)32(26(23)34)19-10-6-3-7-11-19/h2-15,22-24H,16H2,1H3,(H,30,33)/t22-,23?,24?/m1/s1. The minimum atomic E-state index is -0.722. The summed E-state index contributed by atoms with van der Waals surface area (Å²) in [5.74, 6) is -1.47. The predicted octanol–water partition coefficient (Wildman–Crippen LogP) is 4.35. The number of hydrogen-bond acceptors (Lipinski definition) is 7. The van der Waals surface area contributed by atoms with Crippen LogP contribution in [0.15, 0.2) is 94.7 Å². The monoisotopic (exact) mass is 557 g/mol. The van der Waals surface area contributed by atoms with E-state index in [0.29, 0.717) is 27.0 Å². The van der Waals surface area contributed by atoms with Crippen molar-refractivity contribution in [3.05, 3.63) is 105 Å². The Hall–Kier alpha value is -4.15. The van der Waals surface area contributed by atoms with Gasteiger partial charge in [-0.3, -0.25) is 23.7 Å². The number of aromatic nitrogens is 1. The lowest BCUT2D eigenvalue weighted by Crippen LogP contribution is -2.33. The Morgan fingerprint density at radius 2 is 1.56 bits per heavy atom. The number of ether oxygens (including phenoxy) is 1. The fraction of sp³-hybridized carbons (Fsp3) is 0.172. The van der Waals surface area contributed by atoms with E-state index in [1.165, 1.54) is 21.2 Å². The van der Waals surface area contributed by atoms with Crippen LogP contribution in [0.3, 0.4) is 0 Å². The van der Waals surface area contributed by atoms with Crippen LogP contribution in [-0.2, 0) is 20.9 Å². The van der Waals surface area contributed by atoms with Crippen molar-refractivity contribution in [1.82, 2.24) is 4.57 Å². The maximum atomic E-state index is 13.8. The molecule has 1 aromatic heterocycles. The molecule has 2 unspecified atom stereocenters. The summed E-state index contributed by atoms with van der Waals surface area (Å²) in [6.45, 7) is -0.215. The molecule has 2 aliphatic rings. The second-order valence-electron chi connectivity index (χ2n) is 9.20. The molecule has 3 aromatic carbocycles. The Kier molecular flexibility index (Phi) is 6.58. The van der Waals surface area contributed by atoms with Crippen LogP contribution in [0.4, 0.5) is 11.4 Å². The Morgan fingerprint density at radius 1 is 0.897 bits per heavy atom. The SMILES string of the molecule is COc1ccc(NC(=O)Cn2c3c(sc2=O)[C@H](c2ccccc2)C2C(=O)N(c4ccccc4)C(=O)C2S3)cc1. The molecule has 1 fully saturated rings. The zero-order valence-electron chi connectivity index (χ0n) is 20.8. The van der Waals surface area contributed by atoms with E-state index in [-0.39, 0.29) is 29.1 Å². The van der Waals surface area contributed by atoms with Crippen LogP contribution in [0.1, 0.15) is 16.4 Å². The molecule has 3 amide bonds. The molecule has 0 radical (unpaired) electrons. The average Bonchev–Trinajstić information content (AvgIpc) is 3.40. The highest BCUT2D eigenvalue weighted by atomic mass is 32.2. The minimum absolute atomic E-state index is 0.215. The van der Waals surface area contributed by atoms with E-state index >= 15 is 0 Å². The molecule has 2 aliphatic heterocycles. The molecular formula is C29H23N3O5S2. The number of para-hydroxylation sites is 1. The molecular weight excluding hydrogens is 534 g/mol. The van der Waals surface area contributed by atoms with Gasteiger partial charge in [0.1, 0.15) is 17.5 Å². The van der Waals surface area contributed by atoms with Gasteiger partial charge in [0, 0.05) is 16.5 Å². The van der Waals surface area contributed by atoms with E-state index in [4.69, 9.17) is 4.74 Å². The molecule has 0 aliphatic carbocycles. The van der Waals surface area contributed by atoms with Crippen LogP contribution in [0.2, 0.25) is 0 Å². The maximum Gasteiger partial charge on any atom is 0.308 e. The molecule has 3 atom stereocenters. The van der Waals surface area contributed by atoms with Gasteiger partial charge in [0.2, 0.25) is 17.7 Å². The Labute approximate surface area is 232 Å². The fourth-order valence-corrected chi connectivity index (χ4v) is 7.90. The van der Waals surface area contributed by atoms with E-state index in [1.54, 1.807) is 55.6 Å². The zero-order chi connectivity index (χ0) is 27.1. The molecule has 0 bridgehead atoms. The normalized spacial score (nSPS) is 19.9. The molecule has 39 heavy (non-hydrogen) atoms. The first-order valence-electron chi connectivity index (χ1n) is 12.3. The van der Waals surface area contributed by atoms with Crippen LogP contribution in [-0.4, -0.2) is 34.6 Å². The first kappa shape index (κ1) is 25.1. The highest BCUT2D eigenvalue weighted by Crippen LogP contribution is 2.53. The molecule has 10 heteroatoms. The summed E-state index contributed by atoms with van der Waals surface area (Å²) in [6, 6.07) is 25.2. The number of anilines is 2. The van der Waals surface area contributed by atoms with Gasteiger partial charge in [-0.2, -0.15) is 0 Å². The number of fused-ring (bicyclic) bond motifs is 2. The highest BCUT2D eigenvalue weighted by Gasteiger charge is 2.56. The number of thioether (sulfide) groups is 1. The van der Waals surface area contributed by atoms with Gasteiger partial charge in [-0.15, -0.1) is 0 Å². The van der Waals surface area contributed by atoms with Crippen LogP contribution in [0.5, 0.6) is 5.75 Å². The summed E-state index contributed by atoms with van der Waals surface area (Å²) in [5.41, 5.74) is 1.94. The van der Waals surface area contributed by atoms with Crippen LogP contribution >= 0.6 is 23.1 Å². The second kappa shape index (κ2) is 10.2. The van der Waals surface area contributed by atoms with Crippen molar-refractivity contribution < 1.29 is 19.1 Å². The summed E-state index contributed by atoms with van der Waals surface area (Å²) in [6.07, 6.45) is 0. The van der Waals surface area contributed by atoms with Gasteiger partial charge in [-0.1, -0.05) is 71.6 Å². The van der Waals surface area contributed by atoms with Crippen molar-refractivity contribution in [3.63, 3.8) is 0 Å². The van der Waals surface area contributed by atoms with Crippen molar-refractivity contribution in [1.29, 1.82) is 0 Å². The summed E-state index contributed by atoms with van der Waals surface area (Å²) < 4.78 is 6.57. The van der Waals surface area contributed by atoms with Gasteiger partial charge in [-0.05, 0) is 42.0 Å². The van der Waals surface area contributed by atoms with Gasteiger partial charge in [-0.25, -0.2) is 4.90 Å². The third-order valence-electron chi connectivity index (χ3n) is 6.90. The molecule has 0 saturated carbocycles. The van der Waals surface area contributed by atoms with E-state index in [2.05, 4.69) is 5.32 Å². The second-order valence-corrected chi connectivity index (χ2v) is 11.3. The number of methoxy groups -OCH3 is 1. The van der Waals surface area contributed by atoms with Crippen molar-refractivity contribution >= 4 is 52.2 Å². The van der Waals surface area contributed by atoms with Gasteiger partial charge in [0.05, 0.1) is 23.7 Å². The third-order valence-corrected chi connectivity index (χ3v) is 9.50. The fourth-order valence-electron chi connectivity index (χ4n) is 5.12. The largest absolute Gasteiger partial charge is 0.497 e. The number of amides is 3. The molecule has 1 N–H and O–H groups in total. The number of rotatable bonds is 6. The van der Waals surface area contributed by atoms with E-state index in [1.807, 2.05) is 36.4 Å². The minimum Gasteiger partial charge on any atom is -0.497 e. The number of carbonyl (C=O) groups is 3. The number of thiazole rings is 1. The summed E-state index contributed by atoms with van der Waals surface area (Å²) >= 11 is 2.23. The number of imide groups is 1. The number of hydrogen-bond donors (Lipinski definition) is 1. The average molecular weight is 558 g/mol. The molecule has 1 saturated heterocycles. The Bertz CT molecular complexity index is 1620. The smallest absolute Gasteiger partial charge is 0.308 e. The van der Waals surface area contributed by atoms with Crippen molar-refractivity contribution in [2.75, 3.05) is 17.3 Å². The van der Waals surface area contributed by atoms with E-state index in [0.717, 1.165) is 16.9 Å². The van der Waals surface area contributed by atoms with Crippen molar-refractivity contribution in [2.24, 2.45) is 5.92 Å². The molecule has 4 aromatic rings. The first-order valence-corrected chi connectivity index (χ1v) is 14.0. The van der Waals surface area contributed by atoms with Gasteiger partial charge >= 0.3 is 4.87 Å². The van der Waals surface area contributed by atoms with Gasteiger partial charge < -0.3 is 10.1 Å². The number of nitrogens with zero attached hydrogens (tertiary/aromatic N) is 2. The Morgan fingerprint density at radius 3 is 2.23 bits per heavy atom. The quantitative estimate of drug-likeness (QED) is 0.354. The molecule has 196 valence electrons. The van der Waals surface area contributed by atoms with Gasteiger partial charge in [0.15, 0.2) is 0 Å².